The lowest BCUT2D eigenvalue weighted by Gasteiger charge is -2.08. The van der Waals surface area contributed by atoms with Crippen molar-refractivity contribution in [1.29, 1.82) is 0 Å². The minimum Gasteiger partial charge on any atom is -0.314 e. The second-order valence-electron chi connectivity index (χ2n) is 4.43. The second kappa shape index (κ2) is 6.02. The maximum absolute atomic E-state index is 11.0. The smallest absolute Gasteiger partial charge is 0.229 e. The number of sulfonamides is 1. The number of anilines is 1. The standard InChI is InChI=1S/C12H20N2O2S/c1-10(2)13-9-8-11-4-6-12(7-5-11)14-17(3,15)16/h4-7,10,13-14H,8-9H2,1-3H3. The van der Waals surface area contributed by atoms with Crippen LogP contribution in [0.1, 0.15) is 19.4 Å². The average Bonchev–Trinajstić information content (AvgIpc) is 2.18. The SMILES string of the molecule is CC(C)NCCc1ccc(NS(C)(=O)=O)cc1. The predicted molar refractivity (Wildman–Crippen MR) is 71.8 cm³/mol. The summed E-state index contributed by atoms with van der Waals surface area (Å²) < 4.78 is 24.5. The van der Waals surface area contributed by atoms with Gasteiger partial charge in [-0.1, -0.05) is 26.0 Å². The third-order valence-electron chi connectivity index (χ3n) is 2.22. The first-order valence-electron chi connectivity index (χ1n) is 5.67. The molecule has 0 aliphatic heterocycles. The molecule has 0 saturated carbocycles. The molecule has 0 saturated heterocycles. The van der Waals surface area contributed by atoms with Gasteiger partial charge in [-0.15, -0.1) is 0 Å². The zero-order valence-electron chi connectivity index (χ0n) is 10.5. The van der Waals surface area contributed by atoms with Crippen molar-refractivity contribution in [3.05, 3.63) is 29.8 Å². The van der Waals surface area contributed by atoms with E-state index in [0.717, 1.165) is 19.2 Å². The summed E-state index contributed by atoms with van der Waals surface area (Å²) in [4.78, 5) is 0. The highest BCUT2D eigenvalue weighted by molar-refractivity contribution is 7.92. The molecule has 0 fully saturated rings. The molecule has 0 bridgehead atoms. The fourth-order valence-corrected chi connectivity index (χ4v) is 2.02. The minimum absolute atomic E-state index is 0.487. The van der Waals surface area contributed by atoms with Crippen LogP contribution in [0.4, 0.5) is 5.69 Å². The molecule has 1 aromatic carbocycles. The number of rotatable bonds is 6. The van der Waals surface area contributed by atoms with Gasteiger partial charge in [-0.25, -0.2) is 8.42 Å². The zero-order chi connectivity index (χ0) is 12.9. The van der Waals surface area contributed by atoms with E-state index in [-0.39, 0.29) is 0 Å². The molecule has 0 spiro atoms. The predicted octanol–water partition coefficient (Wildman–Crippen LogP) is 1.60. The van der Waals surface area contributed by atoms with E-state index in [1.54, 1.807) is 12.1 Å². The fourth-order valence-electron chi connectivity index (χ4n) is 1.46. The second-order valence-corrected chi connectivity index (χ2v) is 6.18. The maximum Gasteiger partial charge on any atom is 0.229 e. The number of hydrogen-bond acceptors (Lipinski definition) is 3. The molecular weight excluding hydrogens is 236 g/mol. The van der Waals surface area contributed by atoms with Gasteiger partial charge >= 0.3 is 0 Å². The van der Waals surface area contributed by atoms with Gasteiger partial charge in [-0.05, 0) is 30.7 Å². The van der Waals surface area contributed by atoms with E-state index in [4.69, 9.17) is 0 Å². The van der Waals surface area contributed by atoms with Crippen LogP contribution in [0.25, 0.3) is 0 Å². The topological polar surface area (TPSA) is 58.2 Å². The van der Waals surface area contributed by atoms with Crippen LogP contribution in [0.5, 0.6) is 0 Å². The van der Waals surface area contributed by atoms with Gasteiger partial charge < -0.3 is 5.32 Å². The molecule has 1 rings (SSSR count). The zero-order valence-corrected chi connectivity index (χ0v) is 11.3. The van der Waals surface area contributed by atoms with Crippen molar-refractivity contribution >= 4 is 15.7 Å². The van der Waals surface area contributed by atoms with Gasteiger partial charge in [0.2, 0.25) is 10.0 Å². The lowest BCUT2D eigenvalue weighted by Crippen LogP contribution is -2.24. The molecule has 0 aromatic heterocycles. The van der Waals surface area contributed by atoms with Crippen LogP contribution in [0, 0.1) is 0 Å². The highest BCUT2D eigenvalue weighted by Crippen LogP contribution is 2.11. The van der Waals surface area contributed by atoms with E-state index in [1.807, 2.05) is 12.1 Å². The van der Waals surface area contributed by atoms with Crippen molar-refractivity contribution in [2.24, 2.45) is 0 Å². The van der Waals surface area contributed by atoms with Crippen LogP contribution in [0.3, 0.4) is 0 Å². The van der Waals surface area contributed by atoms with E-state index < -0.39 is 10.0 Å². The fraction of sp³-hybridized carbons (Fsp3) is 0.500. The van der Waals surface area contributed by atoms with Crippen LogP contribution < -0.4 is 10.0 Å². The van der Waals surface area contributed by atoms with E-state index in [9.17, 15) is 8.42 Å². The van der Waals surface area contributed by atoms with Crippen molar-refractivity contribution in [3.8, 4) is 0 Å². The molecule has 5 heteroatoms. The van der Waals surface area contributed by atoms with Crippen LogP contribution in [-0.2, 0) is 16.4 Å². The van der Waals surface area contributed by atoms with E-state index in [0.29, 0.717) is 11.7 Å². The molecular formula is C12H20N2O2S. The molecule has 0 amide bonds. The van der Waals surface area contributed by atoms with Gasteiger partial charge in [0, 0.05) is 11.7 Å². The monoisotopic (exact) mass is 256 g/mol. The minimum atomic E-state index is -3.18. The third-order valence-corrected chi connectivity index (χ3v) is 2.83. The van der Waals surface area contributed by atoms with Gasteiger partial charge in [-0.3, -0.25) is 4.72 Å². The van der Waals surface area contributed by atoms with Crippen molar-refractivity contribution < 1.29 is 8.42 Å². The van der Waals surface area contributed by atoms with E-state index >= 15 is 0 Å². The average molecular weight is 256 g/mol. The van der Waals surface area contributed by atoms with Crippen LogP contribution in [0.2, 0.25) is 0 Å². The Hall–Kier alpha value is -1.07. The first-order chi connectivity index (χ1) is 7.87. The Morgan fingerprint density at radius 2 is 1.76 bits per heavy atom. The van der Waals surface area contributed by atoms with Crippen molar-refractivity contribution in [2.75, 3.05) is 17.5 Å². The Kier molecular flexibility index (Phi) is 4.96. The third kappa shape index (κ3) is 6.28. The Bertz CT molecular complexity index is 438. The van der Waals surface area contributed by atoms with Crippen LogP contribution in [-0.4, -0.2) is 27.3 Å². The summed E-state index contributed by atoms with van der Waals surface area (Å²) in [5, 5.41) is 3.34. The molecule has 4 nitrogen and oxygen atoms in total. The summed E-state index contributed by atoms with van der Waals surface area (Å²) in [7, 11) is -3.18. The van der Waals surface area contributed by atoms with Crippen molar-refractivity contribution in [1.82, 2.24) is 5.32 Å². The summed E-state index contributed by atoms with van der Waals surface area (Å²) in [6.45, 7) is 5.15. The number of benzene rings is 1. The summed E-state index contributed by atoms with van der Waals surface area (Å²) in [6, 6.07) is 7.93. The van der Waals surface area contributed by atoms with Crippen molar-refractivity contribution in [2.45, 2.75) is 26.3 Å². The first kappa shape index (κ1) is 14.0. The Balaban J connectivity index is 2.50. The highest BCUT2D eigenvalue weighted by Gasteiger charge is 2.01. The molecule has 1 aromatic rings. The molecule has 0 radical (unpaired) electrons. The van der Waals surface area contributed by atoms with E-state index in [1.165, 1.54) is 5.56 Å². The summed E-state index contributed by atoms with van der Waals surface area (Å²) in [5.41, 5.74) is 1.80. The Labute approximate surface area is 103 Å². The quantitative estimate of drug-likeness (QED) is 0.813. The van der Waals surface area contributed by atoms with Crippen molar-refractivity contribution in [3.63, 3.8) is 0 Å². The van der Waals surface area contributed by atoms with Crippen LogP contribution >= 0.6 is 0 Å². The normalized spacial score (nSPS) is 11.8. The Morgan fingerprint density at radius 3 is 2.24 bits per heavy atom. The summed E-state index contributed by atoms with van der Waals surface area (Å²) in [5.74, 6) is 0. The summed E-state index contributed by atoms with van der Waals surface area (Å²) >= 11 is 0. The van der Waals surface area contributed by atoms with Crippen LogP contribution in [0.15, 0.2) is 24.3 Å². The molecule has 0 aliphatic rings. The van der Waals surface area contributed by atoms with E-state index in [2.05, 4.69) is 23.9 Å². The molecule has 17 heavy (non-hydrogen) atoms. The molecule has 0 heterocycles. The molecule has 0 unspecified atom stereocenters. The number of hydrogen-bond donors (Lipinski definition) is 2. The highest BCUT2D eigenvalue weighted by atomic mass is 32.2. The largest absolute Gasteiger partial charge is 0.314 e. The molecule has 0 aliphatic carbocycles. The lowest BCUT2D eigenvalue weighted by molar-refractivity contribution is 0.590. The Morgan fingerprint density at radius 1 is 1.18 bits per heavy atom. The first-order valence-corrected chi connectivity index (χ1v) is 7.56. The van der Waals surface area contributed by atoms with Gasteiger partial charge in [0.05, 0.1) is 6.26 Å². The molecule has 2 N–H and O–H groups in total. The van der Waals surface area contributed by atoms with Gasteiger partial charge in [0.1, 0.15) is 0 Å². The maximum atomic E-state index is 11.0. The molecule has 0 atom stereocenters. The van der Waals surface area contributed by atoms with Gasteiger partial charge in [-0.2, -0.15) is 0 Å². The molecule has 96 valence electrons. The number of nitrogens with one attached hydrogen (secondary N) is 2. The van der Waals surface area contributed by atoms with Gasteiger partial charge in [0.15, 0.2) is 0 Å². The summed E-state index contributed by atoms with van der Waals surface area (Å²) in [6.07, 6.45) is 2.09. The van der Waals surface area contributed by atoms with Gasteiger partial charge in [0.25, 0.3) is 0 Å². The lowest BCUT2D eigenvalue weighted by atomic mass is 10.1.